The molecule has 0 heterocycles. The molecular formula is C17H26O2. The second kappa shape index (κ2) is 7.32. The fourth-order valence-electron chi connectivity index (χ4n) is 2.21. The Morgan fingerprint density at radius 2 is 1.84 bits per heavy atom. The highest BCUT2D eigenvalue weighted by atomic mass is 16.5. The van der Waals surface area contributed by atoms with Crippen molar-refractivity contribution in [3.05, 3.63) is 35.9 Å². The number of benzene rings is 1. The van der Waals surface area contributed by atoms with E-state index in [9.17, 15) is 4.79 Å². The molecule has 2 nitrogen and oxygen atoms in total. The van der Waals surface area contributed by atoms with Gasteiger partial charge in [0.25, 0.3) is 0 Å². The molecule has 1 rings (SSSR count). The normalized spacial score (nSPS) is 13.1. The van der Waals surface area contributed by atoms with Crippen molar-refractivity contribution in [3.8, 4) is 0 Å². The lowest BCUT2D eigenvalue weighted by atomic mass is 9.78. The van der Waals surface area contributed by atoms with Gasteiger partial charge in [-0.25, -0.2) is 0 Å². The molecule has 1 atom stereocenters. The first-order valence-electron chi connectivity index (χ1n) is 7.15. The zero-order valence-corrected chi connectivity index (χ0v) is 12.6. The average molecular weight is 262 g/mol. The van der Waals surface area contributed by atoms with Gasteiger partial charge in [0, 0.05) is 6.42 Å². The summed E-state index contributed by atoms with van der Waals surface area (Å²) in [6, 6.07) is 10.1. The van der Waals surface area contributed by atoms with E-state index < -0.39 is 0 Å². The molecule has 0 saturated heterocycles. The van der Waals surface area contributed by atoms with Gasteiger partial charge in [0.15, 0.2) is 0 Å². The molecule has 1 unspecified atom stereocenters. The van der Waals surface area contributed by atoms with Gasteiger partial charge in [-0.1, -0.05) is 64.4 Å². The summed E-state index contributed by atoms with van der Waals surface area (Å²) in [5.74, 6) is -0.0569. The Kier molecular flexibility index (Phi) is 6.07. The van der Waals surface area contributed by atoms with Crippen LogP contribution in [0.1, 0.15) is 46.1 Å². The Balaban J connectivity index is 2.45. The first kappa shape index (κ1) is 15.7. The van der Waals surface area contributed by atoms with Crippen LogP contribution in [-0.4, -0.2) is 12.6 Å². The molecule has 106 valence electrons. The van der Waals surface area contributed by atoms with Crippen LogP contribution >= 0.6 is 0 Å². The van der Waals surface area contributed by atoms with Crippen LogP contribution in [0.15, 0.2) is 30.3 Å². The summed E-state index contributed by atoms with van der Waals surface area (Å²) < 4.78 is 5.45. The summed E-state index contributed by atoms with van der Waals surface area (Å²) >= 11 is 0. The van der Waals surface area contributed by atoms with E-state index in [-0.39, 0.29) is 17.3 Å². The first-order chi connectivity index (χ1) is 8.95. The van der Waals surface area contributed by atoms with Crippen LogP contribution in [-0.2, 0) is 16.0 Å². The van der Waals surface area contributed by atoms with E-state index in [1.165, 1.54) is 5.56 Å². The topological polar surface area (TPSA) is 26.3 Å². The minimum absolute atomic E-state index is 0.00623. The zero-order valence-electron chi connectivity index (χ0n) is 12.6. The molecule has 0 saturated carbocycles. The van der Waals surface area contributed by atoms with E-state index in [1.807, 2.05) is 18.2 Å². The predicted octanol–water partition coefficient (Wildman–Crippen LogP) is 4.23. The summed E-state index contributed by atoms with van der Waals surface area (Å²) in [7, 11) is 0. The summed E-state index contributed by atoms with van der Waals surface area (Å²) in [4.78, 5) is 12.1. The third-order valence-corrected chi connectivity index (χ3v) is 3.39. The smallest absolute Gasteiger partial charge is 0.309 e. The third-order valence-electron chi connectivity index (χ3n) is 3.39. The van der Waals surface area contributed by atoms with Crippen molar-refractivity contribution in [1.82, 2.24) is 0 Å². The van der Waals surface area contributed by atoms with E-state index in [0.29, 0.717) is 6.61 Å². The first-order valence-corrected chi connectivity index (χ1v) is 7.15. The van der Waals surface area contributed by atoms with Gasteiger partial charge < -0.3 is 4.74 Å². The Labute approximate surface area is 117 Å². The lowest BCUT2D eigenvalue weighted by molar-refractivity contribution is -0.152. The second-order valence-corrected chi connectivity index (χ2v) is 6.11. The van der Waals surface area contributed by atoms with Gasteiger partial charge in [0.05, 0.1) is 12.5 Å². The molecule has 0 N–H and O–H groups in total. The van der Waals surface area contributed by atoms with Crippen molar-refractivity contribution in [1.29, 1.82) is 0 Å². The molecule has 0 amide bonds. The van der Waals surface area contributed by atoms with E-state index in [0.717, 1.165) is 19.3 Å². The van der Waals surface area contributed by atoms with Crippen LogP contribution in [0.25, 0.3) is 0 Å². The number of rotatable bonds is 6. The largest absolute Gasteiger partial charge is 0.465 e. The van der Waals surface area contributed by atoms with Gasteiger partial charge >= 0.3 is 5.97 Å². The standard InChI is InChI=1S/C17H26O2/c1-5-9-15(17(2,3)4)16(18)19-13-12-14-10-7-6-8-11-14/h6-8,10-11,15H,5,9,12-13H2,1-4H3. The molecule has 0 fully saturated rings. The molecule has 0 aliphatic carbocycles. The maximum Gasteiger partial charge on any atom is 0.309 e. The number of esters is 1. The lowest BCUT2D eigenvalue weighted by Crippen LogP contribution is -2.30. The number of carbonyl (C=O) groups excluding carboxylic acids is 1. The maximum atomic E-state index is 12.1. The van der Waals surface area contributed by atoms with Crippen molar-refractivity contribution < 1.29 is 9.53 Å². The molecule has 0 radical (unpaired) electrons. The SMILES string of the molecule is CCCC(C(=O)OCCc1ccccc1)C(C)(C)C. The summed E-state index contributed by atoms with van der Waals surface area (Å²) in [6.07, 6.45) is 2.69. The van der Waals surface area contributed by atoms with Crippen LogP contribution in [0, 0.1) is 11.3 Å². The summed E-state index contributed by atoms with van der Waals surface area (Å²) in [6.45, 7) is 8.89. The Morgan fingerprint density at radius 3 is 2.37 bits per heavy atom. The Hall–Kier alpha value is -1.31. The second-order valence-electron chi connectivity index (χ2n) is 6.11. The van der Waals surface area contributed by atoms with E-state index in [1.54, 1.807) is 0 Å². The van der Waals surface area contributed by atoms with Gasteiger partial charge in [-0.15, -0.1) is 0 Å². The minimum atomic E-state index is -0.0507. The highest BCUT2D eigenvalue weighted by molar-refractivity contribution is 5.73. The van der Waals surface area contributed by atoms with Crippen molar-refractivity contribution in [2.24, 2.45) is 11.3 Å². The molecule has 0 spiro atoms. The van der Waals surface area contributed by atoms with Gasteiger partial charge in [0.1, 0.15) is 0 Å². The van der Waals surface area contributed by atoms with Crippen molar-refractivity contribution in [3.63, 3.8) is 0 Å². The van der Waals surface area contributed by atoms with E-state index >= 15 is 0 Å². The fraction of sp³-hybridized carbons (Fsp3) is 0.588. The molecule has 2 heteroatoms. The molecule has 1 aromatic carbocycles. The van der Waals surface area contributed by atoms with E-state index in [4.69, 9.17) is 4.74 Å². The number of carbonyl (C=O) groups is 1. The van der Waals surface area contributed by atoms with Crippen molar-refractivity contribution in [2.75, 3.05) is 6.61 Å². The Bertz CT molecular complexity index is 376. The number of hydrogen-bond acceptors (Lipinski definition) is 2. The predicted molar refractivity (Wildman–Crippen MR) is 79.0 cm³/mol. The Morgan fingerprint density at radius 1 is 1.21 bits per heavy atom. The quantitative estimate of drug-likeness (QED) is 0.717. The highest BCUT2D eigenvalue weighted by Gasteiger charge is 2.31. The monoisotopic (exact) mass is 262 g/mol. The van der Waals surface area contributed by atoms with Crippen LogP contribution in [0.3, 0.4) is 0 Å². The van der Waals surface area contributed by atoms with Gasteiger partial charge in [-0.3, -0.25) is 4.79 Å². The number of ether oxygens (including phenoxy) is 1. The molecule has 0 aliphatic rings. The lowest BCUT2D eigenvalue weighted by Gasteiger charge is -2.28. The highest BCUT2D eigenvalue weighted by Crippen LogP contribution is 2.30. The van der Waals surface area contributed by atoms with Crippen LogP contribution < -0.4 is 0 Å². The summed E-state index contributed by atoms with van der Waals surface area (Å²) in [5.41, 5.74) is 1.18. The molecule has 1 aromatic rings. The van der Waals surface area contributed by atoms with Crippen LogP contribution in [0.4, 0.5) is 0 Å². The zero-order chi connectivity index (χ0) is 14.3. The average Bonchev–Trinajstić information content (AvgIpc) is 2.35. The van der Waals surface area contributed by atoms with Crippen LogP contribution in [0.5, 0.6) is 0 Å². The molecular weight excluding hydrogens is 236 g/mol. The molecule has 0 aliphatic heterocycles. The third kappa shape index (κ3) is 5.46. The van der Waals surface area contributed by atoms with E-state index in [2.05, 4.69) is 39.8 Å². The van der Waals surface area contributed by atoms with Gasteiger partial charge in [-0.05, 0) is 17.4 Å². The molecule has 0 aromatic heterocycles. The van der Waals surface area contributed by atoms with Gasteiger partial charge in [-0.2, -0.15) is 0 Å². The number of hydrogen-bond donors (Lipinski definition) is 0. The van der Waals surface area contributed by atoms with Crippen molar-refractivity contribution >= 4 is 5.97 Å². The summed E-state index contributed by atoms with van der Waals surface area (Å²) in [5, 5.41) is 0. The van der Waals surface area contributed by atoms with Crippen molar-refractivity contribution in [2.45, 2.75) is 47.0 Å². The van der Waals surface area contributed by atoms with Gasteiger partial charge in [0.2, 0.25) is 0 Å². The maximum absolute atomic E-state index is 12.1. The van der Waals surface area contributed by atoms with Crippen LogP contribution in [0.2, 0.25) is 0 Å². The molecule has 19 heavy (non-hydrogen) atoms. The minimum Gasteiger partial charge on any atom is -0.465 e. The molecule has 0 bridgehead atoms. The fourth-order valence-corrected chi connectivity index (χ4v) is 2.21.